The Morgan fingerprint density at radius 1 is 0.778 bits per heavy atom. The molecule has 5 rings (SSSR count). The van der Waals surface area contributed by atoms with E-state index in [-0.39, 0.29) is 0 Å². The van der Waals surface area contributed by atoms with Crippen molar-refractivity contribution in [2.75, 3.05) is 27.4 Å². The number of fused-ring (bicyclic) bond motifs is 6. The summed E-state index contributed by atoms with van der Waals surface area (Å²) in [6.07, 6.45) is 2.12. The standard InChI is InChI=1S/C22H20NO4/c1-23-12-14-9-18(24-2)19(25-3)10-16(14)15-5-4-13-8-20-21(27-7-6-26-20)11-17(13)22(15)23/h4-5,8-12H,6-7H2,1-3H3/q+1. The molecule has 0 unspecified atom stereocenters. The molecule has 0 amide bonds. The summed E-state index contributed by atoms with van der Waals surface area (Å²) in [7, 11) is 5.38. The van der Waals surface area contributed by atoms with E-state index in [2.05, 4.69) is 42.1 Å². The summed E-state index contributed by atoms with van der Waals surface area (Å²) in [6, 6.07) is 12.5. The maximum absolute atomic E-state index is 5.80. The molecule has 0 N–H and O–H groups in total. The minimum atomic E-state index is 0.579. The smallest absolute Gasteiger partial charge is 0.220 e. The van der Waals surface area contributed by atoms with E-state index in [1.807, 2.05) is 12.1 Å². The molecule has 0 saturated carbocycles. The molecule has 4 aromatic rings. The van der Waals surface area contributed by atoms with Gasteiger partial charge < -0.3 is 18.9 Å². The Bertz CT molecular complexity index is 1220. The van der Waals surface area contributed by atoms with E-state index in [9.17, 15) is 0 Å². The predicted octanol–water partition coefficient (Wildman–Crippen LogP) is 3.76. The fourth-order valence-electron chi connectivity index (χ4n) is 3.95. The van der Waals surface area contributed by atoms with Gasteiger partial charge in [-0.05, 0) is 35.7 Å². The Morgan fingerprint density at radius 2 is 1.48 bits per heavy atom. The lowest BCUT2D eigenvalue weighted by atomic mass is 10.00. The summed E-state index contributed by atoms with van der Waals surface area (Å²) in [5.74, 6) is 3.06. The predicted molar refractivity (Wildman–Crippen MR) is 104 cm³/mol. The van der Waals surface area contributed by atoms with E-state index in [0.717, 1.165) is 55.4 Å². The summed E-state index contributed by atoms with van der Waals surface area (Å²) in [6.45, 7) is 1.17. The summed E-state index contributed by atoms with van der Waals surface area (Å²) in [5, 5.41) is 5.63. The van der Waals surface area contributed by atoms with E-state index in [4.69, 9.17) is 18.9 Å². The van der Waals surface area contributed by atoms with Crippen LogP contribution in [0.1, 0.15) is 0 Å². The van der Waals surface area contributed by atoms with Crippen LogP contribution in [-0.2, 0) is 7.05 Å². The van der Waals surface area contributed by atoms with Gasteiger partial charge in [0.25, 0.3) is 0 Å². The summed E-state index contributed by atoms with van der Waals surface area (Å²) in [4.78, 5) is 0. The topological polar surface area (TPSA) is 40.8 Å². The lowest BCUT2D eigenvalue weighted by Gasteiger charge is -2.19. The van der Waals surface area contributed by atoms with Crippen molar-refractivity contribution in [3.63, 3.8) is 0 Å². The van der Waals surface area contributed by atoms with Gasteiger partial charge in [0.05, 0.1) is 30.4 Å². The van der Waals surface area contributed by atoms with Crippen LogP contribution in [0.25, 0.3) is 32.4 Å². The molecule has 0 radical (unpaired) electrons. The van der Waals surface area contributed by atoms with Gasteiger partial charge in [0.2, 0.25) is 5.52 Å². The third-order valence-corrected chi connectivity index (χ3v) is 5.19. The summed E-state index contributed by atoms with van der Waals surface area (Å²) in [5.41, 5.74) is 1.14. The van der Waals surface area contributed by atoms with Crippen molar-refractivity contribution >= 4 is 32.4 Å². The first-order valence-corrected chi connectivity index (χ1v) is 8.90. The SMILES string of the molecule is COc1cc2c[n+](C)c3c4cc5c(cc4ccc3c2cc1OC)OCCO5. The molecule has 0 fully saturated rings. The number of ether oxygens (including phenoxy) is 4. The second-order valence-electron chi connectivity index (χ2n) is 6.71. The largest absolute Gasteiger partial charge is 0.493 e. The molecule has 5 nitrogen and oxygen atoms in total. The first-order chi connectivity index (χ1) is 13.2. The van der Waals surface area contributed by atoms with Crippen LogP contribution in [0.4, 0.5) is 0 Å². The molecule has 2 heterocycles. The molecule has 0 spiro atoms. The second kappa shape index (κ2) is 5.91. The molecule has 0 aliphatic carbocycles. The zero-order chi connectivity index (χ0) is 18.5. The second-order valence-corrected chi connectivity index (χ2v) is 6.71. The Kier molecular flexibility index (Phi) is 3.50. The minimum Gasteiger partial charge on any atom is -0.493 e. The van der Waals surface area contributed by atoms with Gasteiger partial charge in [-0.25, -0.2) is 0 Å². The Balaban J connectivity index is 1.90. The number of aryl methyl sites for hydroxylation is 1. The maximum Gasteiger partial charge on any atom is 0.220 e. The number of pyridine rings is 1. The van der Waals surface area contributed by atoms with Gasteiger partial charge in [-0.1, -0.05) is 6.07 Å². The molecule has 0 atom stereocenters. The summed E-state index contributed by atoms with van der Waals surface area (Å²) < 4.78 is 24.7. The minimum absolute atomic E-state index is 0.579. The van der Waals surface area contributed by atoms with Crippen LogP contribution in [0.3, 0.4) is 0 Å². The van der Waals surface area contributed by atoms with Crippen molar-refractivity contribution in [2.45, 2.75) is 0 Å². The van der Waals surface area contributed by atoms with Crippen LogP contribution in [0.15, 0.2) is 42.6 Å². The highest BCUT2D eigenvalue weighted by Gasteiger charge is 2.20. The van der Waals surface area contributed by atoms with Gasteiger partial charge in [-0.2, -0.15) is 4.57 Å². The Morgan fingerprint density at radius 3 is 2.22 bits per heavy atom. The number of methoxy groups -OCH3 is 2. The summed E-state index contributed by atoms with van der Waals surface area (Å²) >= 11 is 0. The zero-order valence-electron chi connectivity index (χ0n) is 15.5. The molecule has 27 heavy (non-hydrogen) atoms. The number of hydrogen-bond acceptors (Lipinski definition) is 4. The average Bonchev–Trinajstić information content (AvgIpc) is 2.70. The van der Waals surface area contributed by atoms with Gasteiger partial charge >= 0.3 is 0 Å². The molecule has 3 aromatic carbocycles. The van der Waals surface area contributed by atoms with Crippen molar-refractivity contribution in [3.05, 3.63) is 42.6 Å². The van der Waals surface area contributed by atoms with Crippen molar-refractivity contribution in [3.8, 4) is 23.0 Å². The quantitative estimate of drug-likeness (QED) is 0.402. The van der Waals surface area contributed by atoms with E-state index in [1.165, 1.54) is 0 Å². The third kappa shape index (κ3) is 2.35. The van der Waals surface area contributed by atoms with Gasteiger partial charge in [0.15, 0.2) is 29.2 Å². The van der Waals surface area contributed by atoms with Gasteiger partial charge in [-0.15, -0.1) is 0 Å². The molecular weight excluding hydrogens is 342 g/mol. The first kappa shape index (κ1) is 16.0. The molecule has 136 valence electrons. The van der Waals surface area contributed by atoms with Crippen LogP contribution in [0.2, 0.25) is 0 Å². The van der Waals surface area contributed by atoms with E-state index in [0.29, 0.717) is 13.2 Å². The van der Waals surface area contributed by atoms with Crippen LogP contribution in [0, 0.1) is 0 Å². The number of benzene rings is 3. The Hall–Kier alpha value is -3.21. The van der Waals surface area contributed by atoms with E-state index < -0.39 is 0 Å². The first-order valence-electron chi connectivity index (χ1n) is 8.90. The van der Waals surface area contributed by atoms with Crippen LogP contribution >= 0.6 is 0 Å². The van der Waals surface area contributed by atoms with Crippen molar-refractivity contribution in [1.82, 2.24) is 0 Å². The van der Waals surface area contributed by atoms with Crippen LogP contribution in [-0.4, -0.2) is 27.4 Å². The Labute approximate surface area is 156 Å². The van der Waals surface area contributed by atoms with E-state index >= 15 is 0 Å². The van der Waals surface area contributed by atoms with Crippen molar-refractivity contribution < 1.29 is 23.5 Å². The zero-order valence-corrected chi connectivity index (χ0v) is 15.5. The fraction of sp³-hybridized carbons (Fsp3) is 0.227. The van der Waals surface area contributed by atoms with Gasteiger partial charge in [0, 0.05) is 5.39 Å². The number of rotatable bonds is 2. The third-order valence-electron chi connectivity index (χ3n) is 5.19. The highest BCUT2D eigenvalue weighted by Crippen LogP contribution is 2.39. The van der Waals surface area contributed by atoms with Crippen molar-refractivity contribution in [2.24, 2.45) is 7.05 Å². The number of hydrogen-bond donors (Lipinski definition) is 0. The lowest BCUT2D eigenvalue weighted by Crippen LogP contribution is -2.28. The molecule has 0 bridgehead atoms. The van der Waals surface area contributed by atoms with Gasteiger partial charge in [-0.3, -0.25) is 0 Å². The lowest BCUT2D eigenvalue weighted by molar-refractivity contribution is -0.642. The maximum atomic E-state index is 5.80. The van der Waals surface area contributed by atoms with Crippen LogP contribution in [0.5, 0.6) is 23.0 Å². The molecule has 1 aliphatic rings. The normalized spacial score (nSPS) is 13.3. The average molecular weight is 362 g/mol. The highest BCUT2D eigenvalue weighted by molar-refractivity contribution is 6.14. The molecule has 1 aliphatic heterocycles. The molecule has 0 saturated heterocycles. The number of nitrogens with zero attached hydrogens (tertiary/aromatic N) is 1. The highest BCUT2D eigenvalue weighted by atomic mass is 16.6. The van der Waals surface area contributed by atoms with Crippen molar-refractivity contribution in [1.29, 1.82) is 0 Å². The molecule has 1 aromatic heterocycles. The monoisotopic (exact) mass is 362 g/mol. The fourth-order valence-corrected chi connectivity index (χ4v) is 3.95. The molecular formula is C22H20NO4+. The van der Waals surface area contributed by atoms with Gasteiger partial charge in [0.1, 0.15) is 20.3 Å². The van der Waals surface area contributed by atoms with E-state index in [1.54, 1.807) is 14.2 Å². The molecule has 5 heteroatoms. The van der Waals surface area contributed by atoms with Crippen LogP contribution < -0.4 is 23.5 Å². The number of aromatic nitrogens is 1.